The van der Waals surface area contributed by atoms with E-state index in [0.29, 0.717) is 24.9 Å². The van der Waals surface area contributed by atoms with Crippen LogP contribution in [0.25, 0.3) is 0 Å². The third-order valence-electron chi connectivity index (χ3n) is 3.03. The van der Waals surface area contributed by atoms with Crippen molar-refractivity contribution in [1.82, 2.24) is 0 Å². The second-order valence-electron chi connectivity index (χ2n) is 4.32. The number of rotatable bonds is 6. The fraction of sp³-hybridized carbons (Fsp3) is 0.500. The van der Waals surface area contributed by atoms with E-state index >= 15 is 0 Å². The van der Waals surface area contributed by atoms with Gasteiger partial charge in [-0.05, 0) is 36.9 Å². The molecule has 0 aliphatic carbocycles. The predicted octanol–water partition coefficient (Wildman–Crippen LogP) is 1.62. The van der Waals surface area contributed by atoms with Crippen molar-refractivity contribution in [1.29, 1.82) is 0 Å². The molecule has 0 aromatic heterocycles. The van der Waals surface area contributed by atoms with Crippen molar-refractivity contribution in [3.05, 3.63) is 39.9 Å². The van der Waals surface area contributed by atoms with Crippen LogP contribution in [0.5, 0.6) is 0 Å². The molecular weight excluding hydrogens is 218 g/mol. The van der Waals surface area contributed by atoms with Crippen molar-refractivity contribution in [3.63, 3.8) is 0 Å². The Balaban J connectivity index is 2.69. The molecule has 0 saturated heterocycles. The van der Waals surface area contributed by atoms with Crippen molar-refractivity contribution in [3.8, 4) is 0 Å². The van der Waals surface area contributed by atoms with Crippen LogP contribution in [-0.2, 0) is 0 Å². The first-order valence-corrected chi connectivity index (χ1v) is 5.73. The molecule has 0 aliphatic rings. The first-order valence-electron chi connectivity index (χ1n) is 5.73. The molecule has 4 N–H and O–H groups in total. The van der Waals surface area contributed by atoms with Crippen molar-refractivity contribution >= 4 is 5.69 Å². The van der Waals surface area contributed by atoms with E-state index in [2.05, 4.69) is 6.92 Å². The Kier molecular flexibility index (Phi) is 5.06. The van der Waals surface area contributed by atoms with E-state index < -0.39 is 4.92 Å². The Morgan fingerprint density at radius 1 is 1.24 bits per heavy atom. The zero-order chi connectivity index (χ0) is 12.8. The highest BCUT2D eigenvalue weighted by Crippen LogP contribution is 2.24. The van der Waals surface area contributed by atoms with Crippen LogP contribution in [0.2, 0.25) is 0 Å². The maximum atomic E-state index is 10.5. The minimum absolute atomic E-state index is 0.121. The molecule has 1 rings (SSSR count). The highest BCUT2D eigenvalue weighted by Gasteiger charge is 2.13. The number of nitro groups is 1. The van der Waals surface area contributed by atoms with Crippen LogP contribution >= 0.6 is 0 Å². The Morgan fingerprint density at radius 2 is 1.76 bits per heavy atom. The second kappa shape index (κ2) is 6.32. The van der Waals surface area contributed by atoms with E-state index in [4.69, 9.17) is 11.5 Å². The summed E-state index contributed by atoms with van der Waals surface area (Å²) in [6, 6.07) is 6.66. The quantitative estimate of drug-likeness (QED) is 0.580. The van der Waals surface area contributed by atoms with Gasteiger partial charge in [0.1, 0.15) is 0 Å². The van der Waals surface area contributed by atoms with Crippen LogP contribution in [0.1, 0.15) is 24.8 Å². The average Bonchev–Trinajstić information content (AvgIpc) is 2.35. The van der Waals surface area contributed by atoms with E-state index in [1.165, 1.54) is 12.1 Å². The monoisotopic (exact) mass is 237 g/mol. The largest absolute Gasteiger partial charge is 0.330 e. The summed E-state index contributed by atoms with van der Waals surface area (Å²) in [5, 5.41) is 10.5. The minimum atomic E-state index is -0.392. The minimum Gasteiger partial charge on any atom is -0.330 e. The number of benzene rings is 1. The number of nitro benzene ring substituents is 1. The van der Waals surface area contributed by atoms with E-state index in [9.17, 15) is 10.1 Å². The summed E-state index contributed by atoms with van der Waals surface area (Å²) < 4.78 is 0. The maximum Gasteiger partial charge on any atom is 0.269 e. The van der Waals surface area contributed by atoms with Gasteiger partial charge in [-0.1, -0.05) is 19.1 Å². The summed E-state index contributed by atoms with van der Waals surface area (Å²) in [6.07, 6.45) is 0.908. The van der Waals surface area contributed by atoms with Gasteiger partial charge in [-0.2, -0.15) is 0 Å². The SMILES string of the molecule is CC(CC(CN)CN)c1ccc([N+](=O)[O-])cc1. The van der Waals surface area contributed by atoms with Crippen molar-refractivity contribution < 1.29 is 4.92 Å². The van der Waals surface area contributed by atoms with Crippen LogP contribution in [0, 0.1) is 16.0 Å². The third kappa shape index (κ3) is 3.80. The van der Waals surface area contributed by atoms with Gasteiger partial charge >= 0.3 is 0 Å². The van der Waals surface area contributed by atoms with Crippen LogP contribution in [0.3, 0.4) is 0 Å². The molecule has 0 heterocycles. The lowest BCUT2D eigenvalue weighted by Crippen LogP contribution is -2.24. The lowest BCUT2D eigenvalue weighted by molar-refractivity contribution is -0.384. The van der Waals surface area contributed by atoms with Crippen LogP contribution in [0.15, 0.2) is 24.3 Å². The highest BCUT2D eigenvalue weighted by atomic mass is 16.6. The van der Waals surface area contributed by atoms with Gasteiger partial charge in [-0.3, -0.25) is 10.1 Å². The summed E-state index contributed by atoms with van der Waals surface area (Å²) in [4.78, 5) is 10.1. The summed E-state index contributed by atoms with van der Waals surface area (Å²) in [7, 11) is 0. The lowest BCUT2D eigenvalue weighted by Gasteiger charge is -2.18. The molecule has 1 atom stereocenters. The van der Waals surface area contributed by atoms with E-state index in [-0.39, 0.29) is 5.69 Å². The predicted molar refractivity (Wildman–Crippen MR) is 67.7 cm³/mol. The number of nitrogens with zero attached hydrogens (tertiary/aromatic N) is 1. The van der Waals surface area contributed by atoms with E-state index in [1.54, 1.807) is 12.1 Å². The van der Waals surface area contributed by atoms with Crippen molar-refractivity contribution in [2.75, 3.05) is 13.1 Å². The maximum absolute atomic E-state index is 10.5. The lowest BCUT2D eigenvalue weighted by atomic mass is 9.90. The van der Waals surface area contributed by atoms with E-state index in [0.717, 1.165) is 12.0 Å². The molecule has 1 aromatic carbocycles. The topological polar surface area (TPSA) is 95.2 Å². The van der Waals surface area contributed by atoms with Gasteiger partial charge in [0.2, 0.25) is 0 Å². The Bertz CT molecular complexity index is 361. The smallest absolute Gasteiger partial charge is 0.269 e. The van der Waals surface area contributed by atoms with Gasteiger partial charge in [0.25, 0.3) is 5.69 Å². The molecule has 0 aliphatic heterocycles. The third-order valence-corrected chi connectivity index (χ3v) is 3.03. The summed E-state index contributed by atoms with van der Waals surface area (Å²) in [5.41, 5.74) is 12.4. The number of hydrogen-bond acceptors (Lipinski definition) is 4. The first-order chi connectivity index (χ1) is 8.08. The fourth-order valence-corrected chi connectivity index (χ4v) is 1.85. The van der Waals surface area contributed by atoms with Gasteiger partial charge in [-0.25, -0.2) is 0 Å². The van der Waals surface area contributed by atoms with Gasteiger partial charge in [-0.15, -0.1) is 0 Å². The zero-order valence-electron chi connectivity index (χ0n) is 10.0. The van der Waals surface area contributed by atoms with Crippen molar-refractivity contribution in [2.45, 2.75) is 19.3 Å². The molecular formula is C12H19N3O2. The Labute approximate surface area is 101 Å². The highest BCUT2D eigenvalue weighted by molar-refractivity contribution is 5.34. The molecule has 0 fully saturated rings. The molecule has 0 amide bonds. The standard InChI is InChI=1S/C12H19N3O2/c1-9(6-10(7-13)8-14)11-2-4-12(5-3-11)15(16)17/h2-5,9-10H,6-8,13-14H2,1H3. The molecule has 1 unspecified atom stereocenters. The summed E-state index contributed by atoms with van der Waals surface area (Å²) in [6.45, 7) is 3.24. The van der Waals surface area contributed by atoms with Crippen LogP contribution in [0.4, 0.5) is 5.69 Å². The van der Waals surface area contributed by atoms with E-state index in [1.807, 2.05) is 0 Å². The van der Waals surface area contributed by atoms with Crippen LogP contribution < -0.4 is 11.5 Å². The van der Waals surface area contributed by atoms with Crippen LogP contribution in [-0.4, -0.2) is 18.0 Å². The summed E-state index contributed by atoms with van der Waals surface area (Å²) in [5.74, 6) is 0.619. The first kappa shape index (κ1) is 13.6. The van der Waals surface area contributed by atoms with Gasteiger partial charge in [0, 0.05) is 12.1 Å². The fourth-order valence-electron chi connectivity index (χ4n) is 1.85. The molecule has 0 saturated carbocycles. The molecule has 17 heavy (non-hydrogen) atoms. The second-order valence-corrected chi connectivity index (χ2v) is 4.32. The Morgan fingerprint density at radius 3 is 2.18 bits per heavy atom. The molecule has 5 nitrogen and oxygen atoms in total. The molecule has 0 spiro atoms. The van der Waals surface area contributed by atoms with Gasteiger partial charge < -0.3 is 11.5 Å². The van der Waals surface area contributed by atoms with Gasteiger partial charge in [0.05, 0.1) is 4.92 Å². The zero-order valence-corrected chi connectivity index (χ0v) is 10.0. The molecule has 5 heteroatoms. The summed E-state index contributed by atoms with van der Waals surface area (Å²) >= 11 is 0. The van der Waals surface area contributed by atoms with Gasteiger partial charge in [0.15, 0.2) is 0 Å². The number of non-ortho nitro benzene ring substituents is 1. The average molecular weight is 237 g/mol. The van der Waals surface area contributed by atoms with Crippen molar-refractivity contribution in [2.24, 2.45) is 17.4 Å². The molecule has 0 bridgehead atoms. The normalized spacial score (nSPS) is 12.7. The number of hydrogen-bond donors (Lipinski definition) is 2. The Hall–Kier alpha value is -1.46. The molecule has 0 radical (unpaired) electrons. The molecule has 94 valence electrons. The number of nitrogens with two attached hydrogens (primary N) is 2. The molecule has 1 aromatic rings.